The third kappa shape index (κ3) is 4.14. The van der Waals surface area contributed by atoms with Gasteiger partial charge in [0, 0.05) is 17.7 Å². The zero-order valence-electron chi connectivity index (χ0n) is 16.7. The largest absolute Gasteiger partial charge is 0.462 e. The molecule has 1 aliphatic carbocycles. The van der Waals surface area contributed by atoms with E-state index in [2.05, 4.69) is 15.3 Å². The Morgan fingerprint density at radius 1 is 1.23 bits per heavy atom. The Bertz CT molecular complexity index is 1160. The van der Waals surface area contributed by atoms with Crippen LogP contribution in [0.15, 0.2) is 29.1 Å². The van der Waals surface area contributed by atoms with Crippen LogP contribution in [-0.4, -0.2) is 28.5 Å². The molecule has 0 unspecified atom stereocenters. The Morgan fingerprint density at radius 3 is 2.87 bits per heavy atom. The summed E-state index contributed by atoms with van der Waals surface area (Å²) in [5.41, 5.74) is 2.88. The third-order valence-electron chi connectivity index (χ3n) is 5.16. The molecule has 2 aromatic heterocycles. The van der Waals surface area contributed by atoms with Crippen LogP contribution in [0.4, 0.5) is 5.00 Å². The van der Waals surface area contributed by atoms with Crippen molar-refractivity contribution >= 4 is 39.2 Å². The van der Waals surface area contributed by atoms with Crippen molar-refractivity contribution in [2.24, 2.45) is 0 Å². The summed E-state index contributed by atoms with van der Waals surface area (Å²) in [5, 5.41) is 3.42. The molecule has 0 fully saturated rings. The van der Waals surface area contributed by atoms with Gasteiger partial charge in [0.05, 0.1) is 23.2 Å². The van der Waals surface area contributed by atoms with Crippen molar-refractivity contribution in [1.29, 1.82) is 0 Å². The van der Waals surface area contributed by atoms with Crippen LogP contribution in [0.2, 0.25) is 0 Å². The van der Waals surface area contributed by atoms with Crippen LogP contribution < -0.4 is 10.9 Å². The molecular weight excluding hydrogens is 402 g/mol. The highest BCUT2D eigenvalue weighted by atomic mass is 32.1. The zero-order chi connectivity index (χ0) is 21.1. The number of carbonyl (C=O) groups excluding carboxylic acids is 2. The molecular formula is C22H23N3O4S. The number of rotatable bonds is 6. The summed E-state index contributed by atoms with van der Waals surface area (Å²) >= 11 is 1.45. The number of amides is 1. The SMILES string of the molecule is CCOC(=O)c1c(NC(=O)CCc2nc3ccccc3[nH]c2=O)sc2c1CCCC2. The van der Waals surface area contributed by atoms with E-state index >= 15 is 0 Å². The van der Waals surface area contributed by atoms with Crippen molar-refractivity contribution in [1.82, 2.24) is 9.97 Å². The van der Waals surface area contributed by atoms with E-state index in [1.807, 2.05) is 18.2 Å². The normalized spacial score (nSPS) is 13.1. The molecule has 8 heteroatoms. The Balaban J connectivity index is 1.50. The summed E-state index contributed by atoms with van der Waals surface area (Å²) in [4.78, 5) is 45.7. The maximum absolute atomic E-state index is 12.6. The maximum Gasteiger partial charge on any atom is 0.341 e. The summed E-state index contributed by atoms with van der Waals surface area (Å²) in [6, 6.07) is 7.28. The minimum absolute atomic E-state index is 0.0965. The second-order valence-corrected chi connectivity index (χ2v) is 8.32. The Labute approximate surface area is 177 Å². The van der Waals surface area contributed by atoms with Crippen LogP contribution in [0.5, 0.6) is 0 Å². The third-order valence-corrected chi connectivity index (χ3v) is 6.37. The van der Waals surface area contributed by atoms with Gasteiger partial charge in [-0.2, -0.15) is 0 Å². The number of carbonyl (C=O) groups is 2. The number of fused-ring (bicyclic) bond motifs is 2. The van der Waals surface area contributed by atoms with Crippen LogP contribution in [0.3, 0.4) is 0 Å². The maximum atomic E-state index is 12.6. The van der Waals surface area contributed by atoms with E-state index in [1.54, 1.807) is 13.0 Å². The topological polar surface area (TPSA) is 101 Å². The van der Waals surface area contributed by atoms with Crippen LogP contribution in [-0.2, 0) is 28.8 Å². The molecule has 2 N–H and O–H groups in total. The lowest BCUT2D eigenvalue weighted by molar-refractivity contribution is -0.116. The number of ether oxygens (including phenoxy) is 1. The minimum Gasteiger partial charge on any atom is -0.462 e. The van der Waals surface area contributed by atoms with Crippen molar-refractivity contribution < 1.29 is 14.3 Å². The zero-order valence-corrected chi connectivity index (χ0v) is 17.6. The van der Waals surface area contributed by atoms with Crippen LogP contribution in [0.1, 0.15) is 52.7 Å². The van der Waals surface area contributed by atoms with Gasteiger partial charge in [0.2, 0.25) is 5.91 Å². The first-order valence-corrected chi connectivity index (χ1v) is 11.0. The molecule has 156 valence electrons. The second-order valence-electron chi connectivity index (χ2n) is 7.21. The van der Waals surface area contributed by atoms with Gasteiger partial charge >= 0.3 is 5.97 Å². The van der Waals surface area contributed by atoms with Gasteiger partial charge in [0.25, 0.3) is 5.56 Å². The number of aryl methyl sites for hydroxylation is 2. The highest BCUT2D eigenvalue weighted by Crippen LogP contribution is 2.38. The minimum atomic E-state index is -0.389. The number of H-pyrrole nitrogens is 1. The molecule has 0 spiro atoms. The van der Waals surface area contributed by atoms with E-state index in [-0.39, 0.29) is 36.9 Å². The highest BCUT2D eigenvalue weighted by Gasteiger charge is 2.27. The van der Waals surface area contributed by atoms with Crippen molar-refractivity contribution in [3.8, 4) is 0 Å². The predicted molar refractivity (Wildman–Crippen MR) is 116 cm³/mol. The number of aromatic amines is 1. The van der Waals surface area contributed by atoms with Crippen LogP contribution in [0, 0.1) is 0 Å². The fraction of sp³-hybridized carbons (Fsp3) is 0.364. The molecule has 7 nitrogen and oxygen atoms in total. The number of hydrogen-bond donors (Lipinski definition) is 2. The monoisotopic (exact) mass is 425 g/mol. The average Bonchev–Trinajstić information content (AvgIpc) is 3.10. The molecule has 0 radical (unpaired) electrons. The van der Waals surface area contributed by atoms with E-state index in [4.69, 9.17) is 4.74 Å². The van der Waals surface area contributed by atoms with Gasteiger partial charge in [0.1, 0.15) is 10.7 Å². The van der Waals surface area contributed by atoms with Gasteiger partial charge in [-0.1, -0.05) is 12.1 Å². The number of anilines is 1. The second kappa shape index (κ2) is 8.79. The molecule has 1 aliphatic rings. The number of benzene rings is 1. The number of thiophene rings is 1. The smallest absolute Gasteiger partial charge is 0.341 e. The Kier molecular flexibility index (Phi) is 5.94. The number of hydrogen-bond acceptors (Lipinski definition) is 6. The summed E-state index contributed by atoms with van der Waals surface area (Å²) < 4.78 is 5.22. The lowest BCUT2D eigenvalue weighted by Crippen LogP contribution is -2.19. The first-order chi connectivity index (χ1) is 14.6. The molecule has 0 saturated heterocycles. The van der Waals surface area contributed by atoms with E-state index in [9.17, 15) is 14.4 Å². The molecule has 1 aromatic carbocycles. The van der Waals surface area contributed by atoms with Gasteiger partial charge in [0.15, 0.2) is 0 Å². The highest BCUT2D eigenvalue weighted by molar-refractivity contribution is 7.17. The van der Waals surface area contributed by atoms with E-state index in [0.29, 0.717) is 27.3 Å². The fourth-order valence-electron chi connectivity index (χ4n) is 3.73. The van der Waals surface area contributed by atoms with Crippen molar-refractivity contribution in [3.63, 3.8) is 0 Å². The Hall–Kier alpha value is -3.00. The van der Waals surface area contributed by atoms with E-state index in [0.717, 1.165) is 36.1 Å². The van der Waals surface area contributed by atoms with Gasteiger partial charge in [-0.3, -0.25) is 9.59 Å². The standard InChI is InChI=1S/C22H23N3O4S/c1-2-29-22(28)19-13-7-3-6-10-17(13)30-21(19)25-18(26)12-11-16-20(27)24-15-9-5-4-8-14(15)23-16/h4-5,8-9H,2-3,6-7,10-12H2,1H3,(H,24,27)(H,25,26). The lowest BCUT2D eigenvalue weighted by Gasteiger charge is -2.12. The van der Waals surface area contributed by atoms with Crippen molar-refractivity contribution in [2.45, 2.75) is 45.4 Å². The molecule has 0 saturated carbocycles. The van der Waals surface area contributed by atoms with Gasteiger partial charge < -0.3 is 15.0 Å². The first-order valence-electron chi connectivity index (χ1n) is 10.2. The molecule has 0 aliphatic heterocycles. The molecule has 2 heterocycles. The average molecular weight is 426 g/mol. The predicted octanol–water partition coefficient (Wildman–Crippen LogP) is 3.61. The van der Waals surface area contributed by atoms with Crippen LogP contribution >= 0.6 is 11.3 Å². The first kappa shape index (κ1) is 20.3. The number of aromatic nitrogens is 2. The fourth-order valence-corrected chi connectivity index (χ4v) is 5.02. The van der Waals surface area contributed by atoms with E-state index < -0.39 is 0 Å². The van der Waals surface area contributed by atoms with Gasteiger partial charge in [-0.05, 0) is 50.3 Å². The van der Waals surface area contributed by atoms with Gasteiger partial charge in [-0.15, -0.1) is 11.3 Å². The lowest BCUT2D eigenvalue weighted by atomic mass is 9.95. The quantitative estimate of drug-likeness (QED) is 0.588. The molecule has 1 amide bonds. The number of para-hydroxylation sites is 2. The van der Waals surface area contributed by atoms with Crippen molar-refractivity contribution in [2.75, 3.05) is 11.9 Å². The summed E-state index contributed by atoms with van der Waals surface area (Å²) in [6.07, 6.45) is 4.16. The summed E-state index contributed by atoms with van der Waals surface area (Å²) in [7, 11) is 0. The number of nitrogens with zero attached hydrogens (tertiary/aromatic N) is 1. The van der Waals surface area contributed by atoms with E-state index in [1.165, 1.54) is 11.3 Å². The van der Waals surface area contributed by atoms with Gasteiger partial charge in [-0.25, -0.2) is 9.78 Å². The summed E-state index contributed by atoms with van der Waals surface area (Å²) in [5.74, 6) is -0.645. The van der Waals surface area contributed by atoms with Crippen molar-refractivity contribution in [3.05, 3.63) is 56.3 Å². The van der Waals surface area contributed by atoms with Crippen LogP contribution in [0.25, 0.3) is 11.0 Å². The number of nitrogens with one attached hydrogen (secondary N) is 2. The Morgan fingerprint density at radius 2 is 2.03 bits per heavy atom. The number of esters is 1. The molecule has 3 aromatic rings. The molecule has 0 bridgehead atoms. The molecule has 4 rings (SSSR count). The summed E-state index contributed by atoms with van der Waals surface area (Å²) in [6.45, 7) is 2.05. The molecule has 30 heavy (non-hydrogen) atoms. The molecule has 0 atom stereocenters.